The summed E-state index contributed by atoms with van der Waals surface area (Å²) in [7, 11) is 0. The van der Waals surface area contributed by atoms with Crippen LogP contribution in [0.5, 0.6) is 0 Å². The highest BCUT2D eigenvalue weighted by Gasteiger charge is 2.39. The van der Waals surface area contributed by atoms with Crippen LogP contribution in [0.15, 0.2) is 49.1 Å². The number of amides is 1. The van der Waals surface area contributed by atoms with Crippen LogP contribution in [0.3, 0.4) is 0 Å². The number of benzene rings is 1. The number of halogens is 5. The zero-order valence-electron chi connectivity index (χ0n) is 18.2. The largest absolute Gasteiger partial charge is 0.416 e. The maximum Gasteiger partial charge on any atom is 0.416 e. The van der Waals surface area contributed by atoms with Crippen LogP contribution in [0.1, 0.15) is 34.3 Å². The zero-order valence-corrected chi connectivity index (χ0v) is 18.2. The quantitative estimate of drug-likeness (QED) is 0.493. The molecule has 0 spiro atoms. The van der Waals surface area contributed by atoms with Crippen LogP contribution in [-0.2, 0) is 12.6 Å². The number of carbonyl (C=O) groups is 1. The summed E-state index contributed by atoms with van der Waals surface area (Å²) < 4.78 is 67.3. The van der Waals surface area contributed by atoms with Crippen LogP contribution in [0.25, 0.3) is 11.4 Å². The van der Waals surface area contributed by atoms with Gasteiger partial charge in [-0.1, -0.05) is 0 Å². The maximum atomic E-state index is 14.4. The van der Waals surface area contributed by atoms with Crippen LogP contribution in [0, 0.1) is 28.4 Å². The minimum Gasteiger partial charge on any atom is -0.338 e. The van der Waals surface area contributed by atoms with Gasteiger partial charge in [0.15, 0.2) is 0 Å². The Morgan fingerprint density at radius 3 is 2.34 bits per heavy atom. The fourth-order valence-electron chi connectivity index (χ4n) is 4.12. The fourth-order valence-corrected chi connectivity index (χ4v) is 4.12. The number of hydrogen-bond donors (Lipinski definition) is 0. The molecule has 2 aromatic heterocycles. The van der Waals surface area contributed by atoms with E-state index in [2.05, 4.69) is 21.0 Å². The van der Waals surface area contributed by atoms with Crippen molar-refractivity contribution in [2.75, 3.05) is 13.1 Å². The lowest BCUT2D eigenvalue weighted by molar-refractivity contribution is -0.138. The van der Waals surface area contributed by atoms with Crippen molar-refractivity contribution in [2.24, 2.45) is 5.41 Å². The topological polar surface area (TPSA) is 82.8 Å². The molecule has 0 saturated carbocycles. The molecule has 0 unspecified atom stereocenters. The average molecular weight is 487 g/mol. The van der Waals surface area contributed by atoms with E-state index in [4.69, 9.17) is 0 Å². The molecule has 3 aromatic rings. The number of carbonyl (C=O) groups excluding carboxylic acids is 1. The number of aromatic nitrogens is 3. The molecule has 1 aliphatic rings. The minimum absolute atomic E-state index is 0.0955. The summed E-state index contributed by atoms with van der Waals surface area (Å²) in [6.07, 6.45) is -0.724. The van der Waals surface area contributed by atoms with Crippen LogP contribution < -0.4 is 0 Å². The van der Waals surface area contributed by atoms with E-state index in [1.54, 1.807) is 18.2 Å². The van der Waals surface area contributed by atoms with Gasteiger partial charge in [-0.3, -0.25) is 9.78 Å². The number of hydrogen-bond acceptors (Lipinski definition) is 5. The lowest BCUT2D eigenvalue weighted by Gasteiger charge is -2.37. The van der Waals surface area contributed by atoms with Crippen LogP contribution in [0.2, 0.25) is 0 Å². The molecule has 180 valence electrons. The first-order chi connectivity index (χ1) is 16.6. The van der Waals surface area contributed by atoms with Gasteiger partial charge in [-0.15, -0.1) is 0 Å². The molecule has 6 nitrogen and oxygen atoms in total. The number of nitrogens with zero attached hydrogens (tertiary/aromatic N) is 5. The Kier molecular flexibility index (Phi) is 6.47. The SMILES string of the molecule is N#CC1(Cc2c(F)cc(C(F)(F)F)cc2F)CCN(C(=O)c2cccnc2-c2ccncn2)CC1. The van der Waals surface area contributed by atoms with Gasteiger partial charge in [-0.25, -0.2) is 18.7 Å². The lowest BCUT2D eigenvalue weighted by Crippen LogP contribution is -2.44. The van der Waals surface area contributed by atoms with Crippen molar-refractivity contribution in [2.45, 2.75) is 25.4 Å². The predicted octanol–water partition coefficient (Wildman–Crippen LogP) is 4.82. The molecular formula is C24H18F5N5O. The Morgan fingerprint density at radius 2 is 1.77 bits per heavy atom. The molecule has 35 heavy (non-hydrogen) atoms. The van der Waals surface area contributed by atoms with Gasteiger partial charge >= 0.3 is 6.18 Å². The lowest BCUT2D eigenvalue weighted by atomic mass is 9.74. The normalized spacial score (nSPS) is 15.5. The molecule has 0 radical (unpaired) electrons. The Bertz CT molecular complexity index is 1260. The highest BCUT2D eigenvalue weighted by molar-refractivity contribution is 5.99. The molecule has 3 heterocycles. The number of rotatable bonds is 4. The third kappa shape index (κ3) is 4.96. The first-order valence-electron chi connectivity index (χ1n) is 10.6. The van der Waals surface area contributed by atoms with E-state index in [1.807, 2.05) is 0 Å². The van der Waals surface area contributed by atoms with Crippen LogP contribution in [-0.4, -0.2) is 38.8 Å². The van der Waals surface area contributed by atoms with Crippen molar-refractivity contribution >= 4 is 5.91 Å². The Labute approximate surface area is 197 Å². The van der Waals surface area contributed by atoms with E-state index in [0.717, 1.165) is 0 Å². The third-order valence-electron chi connectivity index (χ3n) is 6.09. The predicted molar refractivity (Wildman–Crippen MR) is 114 cm³/mol. The second-order valence-corrected chi connectivity index (χ2v) is 8.27. The van der Waals surface area contributed by atoms with E-state index in [0.29, 0.717) is 17.0 Å². The number of nitriles is 1. The highest BCUT2D eigenvalue weighted by Crippen LogP contribution is 2.38. The molecule has 1 fully saturated rings. The van der Waals surface area contributed by atoms with Crippen molar-refractivity contribution in [1.82, 2.24) is 19.9 Å². The summed E-state index contributed by atoms with van der Waals surface area (Å²) in [6, 6.07) is 7.38. The molecular weight excluding hydrogens is 469 g/mol. The molecule has 1 saturated heterocycles. The molecule has 0 aliphatic carbocycles. The second kappa shape index (κ2) is 9.37. The smallest absolute Gasteiger partial charge is 0.338 e. The number of pyridine rings is 1. The van der Waals surface area contributed by atoms with Crippen LogP contribution >= 0.6 is 0 Å². The first kappa shape index (κ1) is 24.2. The number of piperidine rings is 1. The third-order valence-corrected chi connectivity index (χ3v) is 6.09. The minimum atomic E-state index is -4.89. The van der Waals surface area contributed by atoms with Gasteiger partial charge in [-0.2, -0.15) is 18.4 Å². The standard InChI is InChI=1S/C24H18F5N5O/c25-18-10-15(24(27,28)29)11-19(26)17(18)12-23(13-30)4-8-34(9-5-23)22(35)16-2-1-6-32-21(16)20-3-7-31-14-33-20/h1-3,6-7,10-11,14H,4-5,8-9,12H2. The van der Waals surface area contributed by atoms with E-state index < -0.39 is 40.8 Å². The van der Waals surface area contributed by atoms with Gasteiger partial charge in [-0.05, 0) is 49.6 Å². The molecule has 1 aromatic carbocycles. The average Bonchev–Trinajstić information content (AvgIpc) is 2.86. The molecule has 0 N–H and O–H groups in total. The summed E-state index contributed by atoms with van der Waals surface area (Å²) in [5.74, 6) is -3.05. The molecule has 1 aliphatic heterocycles. The van der Waals surface area contributed by atoms with E-state index in [1.165, 1.54) is 23.6 Å². The molecule has 1 amide bonds. The number of likely N-dealkylation sites (tertiary alicyclic amines) is 1. The van der Waals surface area contributed by atoms with Gasteiger partial charge in [0.2, 0.25) is 0 Å². The van der Waals surface area contributed by atoms with Crippen molar-refractivity contribution in [3.05, 3.63) is 77.4 Å². The van der Waals surface area contributed by atoms with Gasteiger partial charge in [0.25, 0.3) is 5.91 Å². The van der Waals surface area contributed by atoms with E-state index >= 15 is 0 Å². The molecule has 4 rings (SSSR count). The van der Waals surface area contributed by atoms with Crippen molar-refractivity contribution in [1.29, 1.82) is 5.26 Å². The first-order valence-corrected chi connectivity index (χ1v) is 10.6. The van der Waals surface area contributed by atoms with Gasteiger partial charge < -0.3 is 4.90 Å². The number of alkyl halides is 3. The van der Waals surface area contributed by atoms with Crippen molar-refractivity contribution in [3.63, 3.8) is 0 Å². The molecule has 0 atom stereocenters. The Balaban J connectivity index is 1.52. The summed E-state index contributed by atoms with van der Waals surface area (Å²) in [4.78, 5) is 27.0. The summed E-state index contributed by atoms with van der Waals surface area (Å²) in [5.41, 5.74) is -2.11. The summed E-state index contributed by atoms with van der Waals surface area (Å²) in [5, 5.41) is 9.80. The van der Waals surface area contributed by atoms with Crippen LogP contribution in [0.4, 0.5) is 22.0 Å². The Morgan fingerprint density at radius 1 is 1.09 bits per heavy atom. The summed E-state index contributed by atoms with van der Waals surface area (Å²) in [6.45, 7) is 0.239. The molecule has 0 bridgehead atoms. The zero-order chi connectivity index (χ0) is 25.2. The maximum absolute atomic E-state index is 14.4. The van der Waals surface area contributed by atoms with E-state index in [9.17, 15) is 32.0 Å². The van der Waals surface area contributed by atoms with Gasteiger partial charge in [0, 0.05) is 31.0 Å². The second-order valence-electron chi connectivity index (χ2n) is 8.27. The highest BCUT2D eigenvalue weighted by atomic mass is 19.4. The summed E-state index contributed by atoms with van der Waals surface area (Å²) >= 11 is 0. The van der Waals surface area contributed by atoms with Gasteiger partial charge in [0.1, 0.15) is 23.7 Å². The Hall–Kier alpha value is -3.94. The monoisotopic (exact) mass is 487 g/mol. The molecule has 11 heteroatoms. The van der Waals surface area contributed by atoms with Crippen molar-refractivity contribution in [3.8, 4) is 17.5 Å². The van der Waals surface area contributed by atoms with Crippen molar-refractivity contribution < 1.29 is 26.7 Å². The van der Waals surface area contributed by atoms with E-state index in [-0.39, 0.29) is 44.0 Å². The van der Waals surface area contributed by atoms with Gasteiger partial charge in [0.05, 0.1) is 28.3 Å². The fraction of sp³-hybridized carbons (Fsp3) is 0.292.